The number of rotatable bonds is 5. The number of carbonyl (C=O) groups is 3. The number of carboxylic acids is 1. The van der Waals surface area contributed by atoms with Crippen LogP contribution in [0.3, 0.4) is 0 Å². The van der Waals surface area contributed by atoms with E-state index in [1.165, 1.54) is 17.9 Å². The number of benzene rings is 1. The van der Waals surface area contributed by atoms with Crippen molar-refractivity contribution in [2.24, 2.45) is 5.92 Å². The first-order valence-electron chi connectivity index (χ1n) is 8.43. The molecule has 8 heteroatoms. The topological polar surface area (TPSA) is 86.7 Å². The van der Waals surface area contributed by atoms with Crippen LogP contribution in [0.5, 0.6) is 0 Å². The maximum Gasteiger partial charge on any atom is 0.308 e. The minimum absolute atomic E-state index is 0.00870. The molecule has 2 amide bonds. The molecule has 0 spiro atoms. The molecule has 1 fully saturated rings. The Bertz CT molecular complexity index is 710. The SMILES string of the molecule is CC(=O)NC(CC(=O)N1CC(C(=O)O)CCC1C)c1ccc(F)cc1F. The molecule has 0 saturated carbocycles. The first kappa shape index (κ1) is 19.8. The van der Waals surface area contributed by atoms with Gasteiger partial charge in [-0.2, -0.15) is 0 Å². The Morgan fingerprint density at radius 3 is 2.58 bits per heavy atom. The van der Waals surface area contributed by atoms with Crippen LogP contribution in [-0.4, -0.2) is 40.4 Å². The quantitative estimate of drug-likeness (QED) is 0.835. The molecular weight excluding hydrogens is 346 g/mol. The van der Waals surface area contributed by atoms with Gasteiger partial charge in [0.2, 0.25) is 11.8 Å². The average Bonchev–Trinajstić information content (AvgIpc) is 2.53. The van der Waals surface area contributed by atoms with Gasteiger partial charge in [0.25, 0.3) is 0 Å². The van der Waals surface area contributed by atoms with E-state index in [0.29, 0.717) is 18.9 Å². The molecule has 0 bridgehead atoms. The minimum atomic E-state index is -0.960. The van der Waals surface area contributed by atoms with Gasteiger partial charge in [0.1, 0.15) is 11.6 Å². The maximum absolute atomic E-state index is 14.1. The molecule has 1 aliphatic rings. The van der Waals surface area contributed by atoms with Crippen LogP contribution < -0.4 is 5.32 Å². The van der Waals surface area contributed by atoms with E-state index in [1.54, 1.807) is 0 Å². The van der Waals surface area contributed by atoms with Crippen molar-refractivity contribution in [3.63, 3.8) is 0 Å². The van der Waals surface area contributed by atoms with Crippen molar-refractivity contribution in [2.45, 2.75) is 45.2 Å². The summed E-state index contributed by atoms with van der Waals surface area (Å²) in [6.45, 7) is 3.14. The summed E-state index contributed by atoms with van der Waals surface area (Å²) in [7, 11) is 0. The largest absolute Gasteiger partial charge is 0.481 e. The molecule has 1 aliphatic heterocycles. The number of nitrogens with zero attached hydrogens (tertiary/aromatic N) is 1. The summed E-state index contributed by atoms with van der Waals surface area (Å²) in [4.78, 5) is 36.8. The van der Waals surface area contributed by atoms with Crippen molar-refractivity contribution in [1.29, 1.82) is 0 Å². The molecule has 26 heavy (non-hydrogen) atoms. The predicted molar refractivity (Wildman–Crippen MR) is 89.1 cm³/mol. The summed E-state index contributed by atoms with van der Waals surface area (Å²) < 4.78 is 27.2. The fraction of sp³-hybridized carbons (Fsp3) is 0.500. The number of hydrogen-bond donors (Lipinski definition) is 2. The van der Waals surface area contributed by atoms with Crippen LogP contribution in [0.1, 0.15) is 44.7 Å². The van der Waals surface area contributed by atoms with Crippen molar-refractivity contribution in [3.8, 4) is 0 Å². The molecule has 0 radical (unpaired) electrons. The highest BCUT2D eigenvalue weighted by atomic mass is 19.1. The first-order valence-corrected chi connectivity index (χ1v) is 8.43. The van der Waals surface area contributed by atoms with Crippen LogP contribution in [0.25, 0.3) is 0 Å². The number of amides is 2. The number of likely N-dealkylation sites (tertiary alicyclic amines) is 1. The van der Waals surface area contributed by atoms with Gasteiger partial charge in [-0.25, -0.2) is 8.78 Å². The summed E-state index contributed by atoms with van der Waals surface area (Å²) in [6.07, 6.45) is 0.805. The molecule has 3 atom stereocenters. The second-order valence-electron chi connectivity index (χ2n) is 6.63. The number of halogens is 2. The number of piperidine rings is 1. The predicted octanol–water partition coefficient (Wildman–Crippen LogP) is 2.24. The van der Waals surface area contributed by atoms with E-state index in [9.17, 15) is 28.3 Å². The lowest BCUT2D eigenvalue weighted by Gasteiger charge is -2.37. The van der Waals surface area contributed by atoms with Gasteiger partial charge in [-0.3, -0.25) is 14.4 Å². The van der Waals surface area contributed by atoms with Gasteiger partial charge in [0.05, 0.1) is 18.4 Å². The van der Waals surface area contributed by atoms with Gasteiger partial charge in [-0.05, 0) is 25.8 Å². The summed E-state index contributed by atoms with van der Waals surface area (Å²) >= 11 is 0. The summed E-state index contributed by atoms with van der Waals surface area (Å²) in [5, 5.41) is 11.7. The van der Waals surface area contributed by atoms with E-state index in [-0.39, 0.29) is 30.5 Å². The lowest BCUT2D eigenvalue weighted by atomic mass is 9.92. The Balaban J connectivity index is 2.20. The second kappa shape index (κ2) is 8.25. The van der Waals surface area contributed by atoms with Gasteiger partial charge in [0, 0.05) is 31.1 Å². The van der Waals surface area contributed by atoms with E-state index in [4.69, 9.17) is 0 Å². The van der Waals surface area contributed by atoms with E-state index < -0.39 is 35.5 Å². The highest BCUT2D eigenvalue weighted by molar-refractivity contribution is 5.80. The van der Waals surface area contributed by atoms with E-state index >= 15 is 0 Å². The summed E-state index contributed by atoms with van der Waals surface area (Å²) in [6, 6.07) is 1.84. The third-order valence-corrected chi connectivity index (χ3v) is 4.65. The number of carboxylic acid groups (broad SMARTS) is 1. The van der Waals surface area contributed by atoms with Crippen molar-refractivity contribution < 1.29 is 28.3 Å². The molecule has 6 nitrogen and oxygen atoms in total. The van der Waals surface area contributed by atoms with Gasteiger partial charge >= 0.3 is 5.97 Å². The van der Waals surface area contributed by atoms with Crippen LogP contribution in [0.2, 0.25) is 0 Å². The van der Waals surface area contributed by atoms with Crippen molar-refractivity contribution in [1.82, 2.24) is 10.2 Å². The van der Waals surface area contributed by atoms with E-state index in [1.807, 2.05) is 6.92 Å². The zero-order chi connectivity index (χ0) is 19.4. The third-order valence-electron chi connectivity index (χ3n) is 4.65. The van der Waals surface area contributed by atoms with Crippen molar-refractivity contribution in [3.05, 3.63) is 35.4 Å². The number of aliphatic carboxylic acids is 1. The Hall–Kier alpha value is -2.51. The average molecular weight is 368 g/mol. The molecule has 1 saturated heterocycles. The zero-order valence-electron chi connectivity index (χ0n) is 14.7. The molecule has 142 valence electrons. The molecule has 1 heterocycles. The van der Waals surface area contributed by atoms with E-state index in [0.717, 1.165) is 6.07 Å². The zero-order valence-corrected chi connectivity index (χ0v) is 14.7. The molecule has 0 aromatic heterocycles. The highest BCUT2D eigenvalue weighted by Gasteiger charge is 2.34. The van der Waals surface area contributed by atoms with Gasteiger partial charge < -0.3 is 15.3 Å². The summed E-state index contributed by atoms with van der Waals surface area (Å²) in [5.41, 5.74) is 0.00870. The van der Waals surface area contributed by atoms with Crippen molar-refractivity contribution in [2.75, 3.05) is 6.54 Å². The Kier molecular flexibility index (Phi) is 6.28. The second-order valence-corrected chi connectivity index (χ2v) is 6.63. The highest BCUT2D eigenvalue weighted by Crippen LogP contribution is 2.26. The number of nitrogens with one attached hydrogen (secondary N) is 1. The molecule has 3 unspecified atom stereocenters. The van der Waals surface area contributed by atoms with Crippen LogP contribution in [0.15, 0.2) is 18.2 Å². The molecule has 2 N–H and O–H groups in total. The molecule has 1 aromatic rings. The van der Waals surface area contributed by atoms with Gasteiger partial charge in [0.15, 0.2) is 0 Å². The molecule has 1 aromatic carbocycles. The standard InChI is InChI=1S/C18H22F2N2O4/c1-10-3-4-12(18(25)26)9-22(10)17(24)8-16(21-11(2)23)14-6-5-13(19)7-15(14)20/h5-7,10,12,16H,3-4,8-9H2,1-2H3,(H,21,23)(H,25,26). The van der Waals surface area contributed by atoms with Crippen LogP contribution in [0.4, 0.5) is 8.78 Å². The first-order chi connectivity index (χ1) is 12.2. The monoisotopic (exact) mass is 368 g/mol. The van der Waals surface area contributed by atoms with Crippen LogP contribution >= 0.6 is 0 Å². The minimum Gasteiger partial charge on any atom is -0.481 e. The fourth-order valence-corrected chi connectivity index (χ4v) is 3.22. The Morgan fingerprint density at radius 1 is 1.31 bits per heavy atom. The fourth-order valence-electron chi connectivity index (χ4n) is 3.22. The van der Waals surface area contributed by atoms with E-state index in [2.05, 4.69) is 5.32 Å². The maximum atomic E-state index is 14.1. The Labute approximate surface area is 150 Å². The molecule has 2 rings (SSSR count). The van der Waals surface area contributed by atoms with Crippen molar-refractivity contribution >= 4 is 17.8 Å². The van der Waals surface area contributed by atoms with Gasteiger partial charge in [-0.15, -0.1) is 0 Å². The van der Waals surface area contributed by atoms with Crippen LogP contribution in [-0.2, 0) is 14.4 Å². The summed E-state index contributed by atoms with van der Waals surface area (Å²) in [5.74, 6) is -4.05. The lowest BCUT2D eigenvalue weighted by Crippen LogP contribution is -2.48. The van der Waals surface area contributed by atoms with Crippen LogP contribution in [0, 0.1) is 17.6 Å². The third kappa shape index (κ3) is 4.77. The molecular formula is C18H22F2N2O4. The Morgan fingerprint density at radius 2 is 2.00 bits per heavy atom. The number of carbonyl (C=O) groups excluding carboxylic acids is 2. The lowest BCUT2D eigenvalue weighted by molar-refractivity contribution is -0.147. The number of hydrogen-bond acceptors (Lipinski definition) is 3. The molecule has 0 aliphatic carbocycles. The normalized spacial score (nSPS) is 21.2. The van der Waals surface area contributed by atoms with Gasteiger partial charge in [-0.1, -0.05) is 6.07 Å². The smallest absolute Gasteiger partial charge is 0.308 e.